The van der Waals surface area contributed by atoms with Gasteiger partial charge in [-0.25, -0.2) is 8.42 Å². The monoisotopic (exact) mass is 325 g/mol. The van der Waals surface area contributed by atoms with Crippen molar-refractivity contribution >= 4 is 38.9 Å². The Hall–Kier alpha value is -1.17. The lowest BCUT2D eigenvalue weighted by Crippen LogP contribution is -2.01. The molecule has 1 aliphatic heterocycles. The minimum Gasteiger partial charge on any atom is -0.399 e. The molecule has 0 fully saturated rings. The van der Waals surface area contributed by atoms with Crippen LogP contribution in [0, 0.1) is 0 Å². The van der Waals surface area contributed by atoms with Crippen LogP contribution in [0.5, 0.6) is 0 Å². The number of hydrogen-bond acceptors (Lipinski definition) is 4. The molecule has 0 aliphatic carbocycles. The molecule has 0 bridgehead atoms. The zero-order valence-corrected chi connectivity index (χ0v) is 12.8. The van der Waals surface area contributed by atoms with Crippen LogP contribution in [0.15, 0.2) is 52.3 Å². The third-order valence-corrected chi connectivity index (χ3v) is 6.96. The van der Waals surface area contributed by atoms with Gasteiger partial charge in [0, 0.05) is 10.6 Å². The van der Waals surface area contributed by atoms with E-state index in [1.165, 1.54) is 11.8 Å². The highest BCUT2D eigenvalue weighted by Gasteiger charge is 2.35. The van der Waals surface area contributed by atoms with E-state index < -0.39 is 9.84 Å². The molecule has 0 saturated carbocycles. The maximum Gasteiger partial charge on any atom is 0.180 e. The van der Waals surface area contributed by atoms with Crippen molar-refractivity contribution < 1.29 is 8.42 Å². The molecule has 1 unspecified atom stereocenters. The summed E-state index contributed by atoms with van der Waals surface area (Å²) in [6.07, 6.45) is 0. The number of thioether (sulfide) groups is 1. The number of rotatable bonds is 2. The number of anilines is 1. The molecule has 1 heterocycles. The summed E-state index contributed by atoms with van der Waals surface area (Å²) in [7, 11) is -3.19. The number of halogens is 1. The molecule has 0 radical (unpaired) electrons. The van der Waals surface area contributed by atoms with Crippen molar-refractivity contribution in [1.29, 1.82) is 0 Å². The maximum atomic E-state index is 12.1. The molecule has 2 N–H and O–H groups in total. The Morgan fingerprint density at radius 1 is 1.20 bits per heavy atom. The van der Waals surface area contributed by atoms with E-state index in [0.717, 1.165) is 10.5 Å². The third-order valence-electron chi connectivity index (χ3n) is 3.20. The third kappa shape index (κ3) is 2.41. The molecule has 1 aliphatic rings. The van der Waals surface area contributed by atoms with Crippen molar-refractivity contribution in [1.82, 2.24) is 0 Å². The lowest BCUT2D eigenvalue weighted by molar-refractivity contribution is 0.600. The SMILES string of the molecule is Nc1ccc(Cl)c(SC2CS(=O)(=O)c3ccccc32)c1. The van der Waals surface area contributed by atoms with Gasteiger partial charge in [-0.2, -0.15) is 0 Å². The average molecular weight is 326 g/mol. The fourth-order valence-corrected chi connectivity index (χ4v) is 6.04. The Morgan fingerprint density at radius 3 is 2.75 bits per heavy atom. The van der Waals surface area contributed by atoms with Gasteiger partial charge in [0.1, 0.15) is 0 Å². The first-order valence-corrected chi connectivity index (χ1v) is 8.92. The second-order valence-corrected chi connectivity index (χ2v) is 8.27. The summed E-state index contributed by atoms with van der Waals surface area (Å²) in [5.74, 6) is 0.0993. The smallest absolute Gasteiger partial charge is 0.180 e. The number of hydrogen-bond donors (Lipinski definition) is 1. The van der Waals surface area contributed by atoms with Gasteiger partial charge in [-0.3, -0.25) is 0 Å². The van der Waals surface area contributed by atoms with Crippen LogP contribution in [0.4, 0.5) is 5.69 Å². The first-order chi connectivity index (χ1) is 9.47. The highest BCUT2D eigenvalue weighted by Crippen LogP contribution is 2.46. The Bertz CT molecular complexity index is 774. The number of nitrogens with two attached hydrogens (primary N) is 1. The number of nitrogen functional groups attached to an aromatic ring is 1. The van der Waals surface area contributed by atoms with Crippen molar-refractivity contribution in [2.45, 2.75) is 15.0 Å². The molecule has 3 nitrogen and oxygen atoms in total. The van der Waals surface area contributed by atoms with Crippen LogP contribution in [-0.4, -0.2) is 14.2 Å². The summed E-state index contributed by atoms with van der Waals surface area (Å²) in [5.41, 5.74) is 7.22. The summed E-state index contributed by atoms with van der Waals surface area (Å²) < 4.78 is 24.3. The Labute approximate surface area is 127 Å². The van der Waals surface area contributed by atoms with Crippen molar-refractivity contribution in [2.24, 2.45) is 0 Å². The summed E-state index contributed by atoms with van der Waals surface area (Å²) in [6.45, 7) is 0. The van der Waals surface area contributed by atoms with E-state index in [2.05, 4.69) is 0 Å². The fraction of sp³-hybridized carbons (Fsp3) is 0.143. The average Bonchev–Trinajstić information content (AvgIpc) is 2.66. The van der Waals surface area contributed by atoms with Gasteiger partial charge in [-0.1, -0.05) is 29.8 Å². The molecule has 2 aromatic rings. The molecule has 2 aromatic carbocycles. The lowest BCUT2D eigenvalue weighted by Gasteiger charge is -2.11. The van der Waals surface area contributed by atoms with Gasteiger partial charge >= 0.3 is 0 Å². The van der Waals surface area contributed by atoms with Crippen molar-refractivity contribution in [3.63, 3.8) is 0 Å². The van der Waals surface area contributed by atoms with Crippen LogP contribution in [0.3, 0.4) is 0 Å². The zero-order valence-electron chi connectivity index (χ0n) is 10.4. The Balaban J connectivity index is 2.00. The van der Waals surface area contributed by atoms with E-state index in [1.54, 1.807) is 30.3 Å². The first kappa shape index (κ1) is 13.8. The van der Waals surface area contributed by atoms with E-state index in [0.29, 0.717) is 15.6 Å². The maximum absolute atomic E-state index is 12.1. The van der Waals surface area contributed by atoms with Gasteiger partial charge < -0.3 is 5.73 Å². The Kier molecular flexibility index (Phi) is 3.44. The van der Waals surface area contributed by atoms with Crippen LogP contribution in [-0.2, 0) is 9.84 Å². The molecule has 20 heavy (non-hydrogen) atoms. The topological polar surface area (TPSA) is 60.2 Å². The summed E-state index contributed by atoms with van der Waals surface area (Å²) in [4.78, 5) is 1.24. The van der Waals surface area contributed by atoms with Gasteiger partial charge in [0.25, 0.3) is 0 Å². The zero-order chi connectivity index (χ0) is 14.3. The van der Waals surface area contributed by atoms with Crippen LogP contribution in [0.2, 0.25) is 5.02 Å². The van der Waals surface area contributed by atoms with Crippen LogP contribution >= 0.6 is 23.4 Å². The molecule has 1 atom stereocenters. The number of sulfone groups is 1. The predicted molar refractivity (Wildman–Crippen MR) is 83.0 cm³/mol. The minimum absolute atomic E-state index is 0.0993. The highest BCUT2D eigenvalue weighted by atomic mass is 35.5. The molecule has 0 amide bonds. The van der Waals surface area contributed by atoms with Gasteiger partial charge in [0.2, 0.25) is 0 Å². The molecule has 104 valence electrons. The lowest BCUT2D eigenvalue weighted by atomic mass is 10.2. The molecular weight excluding hydrogens is 314 g/mol. The van der Waals surface area contributed by atoms with Crippen molar-refractivity contribution in [3.05, 3.63) is 53.1 Å². The first-order valence-electron chi connectivity index (χ1n) is 6.01. The second-order valence-electron chi connectivity index (χ2n) is 4.62. The van der Waals surface area contributed by atoms with E-state index in [-0.39, 0.29) is 11.0 Å². The van der Waals surface area contributed by atoms with Crippen molar-refractivity contribution in [3.8, 4) is 0 Å². The Morgan fingerprint density at radius 2 is 1.95 bits per heavy atom. The van der Waals surface area contributed by atoms with Crippen LogP contribution < -0.4 is 5.73 Å². The standard InChI is InChI=1S/C14H12ClNO2S2/c15-11-6-5-9(16)7-12(11)19-13-8-20(17,18)14-4-2-1-3-10(13)14/h1-7,13H,8,16H2. The van der Waals surface area contributed by atoms with Gasteiger partial charge in [0.05, 0.1) is 20.9 Å². The quantitative estimate of drug-likeness (QED) is 0.858. The molecule has 6 heteroatoms. The van der Waals surface area contributed by atoms with Crippen LogP contribution in [0.1, 0.15) is 10.8 Å². The summed E-state index contributed by atoms with van der Waals surface area (Å²) >= 11 is 7.59. The molecule has 0 saturated heterocycles. The van der Waals surface area contributed by atoms with Gasteiger partial charge in [0.15, 0.2) is 9.84 Å². The van der Waals surface area contributed by atoms with E-state index in [9.17, 15) is 8.42 Å². The second kappa shape index (κ2) is 4.98. The van der Waals surface area contributed by atoms with Crippen molar-refractivity contribution in [2.75, 3.05) is 11.5 Å². The number of benzene rings is 2. The van der Waals surface area contributed by atoms with Gasteiger partial charge in [-0.05, 0) is 29.8 Å². The molecular formula is C14H12ClNO2S2. The number of fused-ring (bicyclic) bond motifs is 1. The molecule has 0 spiro atoms. The summed E-state index contributed by atoms with van der Waals surface area (Å²) in [6, 6.07) is 12.4. The predicted octanol–water partition coefficient (Wildman–Crippen LogP) is 3.54. The summed E-state index contributed by atoms with van der Waals surface area (Å²) in [5, 5.41) is 0.446. The largest absolute Gasteiger partial charge is 0.399 e. The fourth-order valence-electron chi connectivity index (χ4n) is 2.27. The van der Waals surface area contributed by atoms with Crippen LogP contribution in [0.25, 0.3) is 0 Å². The van der Waals surface area contributed by atoms with E-state index >= 15 is 0 Å². The van der Waals surface area contributed by atoms with Gasteiger partial charge in [-0.15, -0.1) is 11.8 Å². The molecule has 0 aromatic heterocycles. The van der Waals surface area contributed by atoms with E-state index in [1.807, 2.05) is 12.1 Å². The minimum atomic E-state index is -3.19. The normalized spacial score (nSPS) is 19.8. The highest BCUT2D eigenvalue weighted by molar-refractivity contribution is 8.01. The van der Waals surface area contributed by atoms with E-state index in [4.69, 9.17) is 17.3 Å². The molecule has 3 rings (SSSR count).